The topological polar surface area (TPSA) is 63.7 Å². The molecule has 1 aromatic carbocycles. The zero-order valence-corrected chi connectivity index (χ0v) is 11.2. The molecule has 0 unspecified atom stereocenters. The number of hydrogen-bond donors (Lipinski definition) is 0. The van der Waals surface area contributed by atoms with Crippen molar-refractivity contribution in [3.05, 3.63) is 28.8 Å². The van der Waals surface area contributed by atoms with E-state index in [9.17, 15) is 14.4 Å². The van der Waals surface area contributed by atoms with Crippen LogP contribution in [-0.2, 0) is 14.3 Å². The van der Waals surface area contributed by atoms with E-state index in [2.05, 4.69) is 0 Å². The van der Waals surface area contributed by atoms with Crippen molar-refractivity contribution < 1.29 is 19.1 Å². The SMILES string of the molecule is CC(C)OC(=O)CN1C(=O)C(=O)c2cccc(Cl)c21. The normalized spacial score (nSPS) is 14.0. The molecule has 6 heteroatoms. The van der Waals surface area contributed by atoms with Crippen LogP contribution in [0, 0.1) is 0 Å². The smallest absolute Gasteiger partial charge is 0.326 e. The first-order valence-electron chi connectivity index (χ1n) is 5.76. The average molecular weight is 282 g/mol. The van der Waals surface area contributed by atoms with E-state index in [1.54, 1.807) is 26.0 Å². The molecule has 0 bridgehead atoms. The quantitative estimate of drug-likeness (QED) is 0.626. The summed E-state index contributed by atoms with van der Waals surface area (Å²) in [5.41, 5.74) is 0.495. The molecule has 0 aromatic heterocycles. The van der Waals surface area contributed by atoms with Crippen LogP contribution in [0.3, 0.4) is 0 Å². The van der Waals surface area contributed by atoms with Gasteiger partial charge in [0.05, 0.1) is 22.4 Å². The van der Waals surface area contributed by atoms with Gasteiger partial charge < -0.3 is 4.74 Å². The van der Waals surface area contributed by atoms with E-state index in [4.69, 9.17) is 16.3 Å². The van der Waals surface area contributed by atoms with E-state index in [1.165, 1.54) is 6.07 Å². The van der Waals surface area contributed by atoms with Crippen molar-refractivity contribution in [2.45, 2.75) is 20.0 Å². The Kier molecular flexibility index (Phi) is 3.57. The largest absolute Gasteiger partial charge is 0.462 e. The average Bonchev–Trinajstić information content (AvgIpc) is 2.55. The van der Waals surface area contributed by atoms with Crippen LogP contribution in [0.5, 0.6) is 0 Å². The van der Waals surface area contributed by atoms with Crippen LogP contribution >= 0.6 is 11.6 Å². The van der Waals surface area contributed by atoms with Gasteiger partial charge in [-0.05, 0) is 26.0 Å². The lowest BCUT2D eigenvalue weighted by Gasteiger charge is -2.17. The molecule has 1 aliphatic heterocycles. The number of fused-ring (bicyclic) bond motifs is 1. The number of para-hydroxylation sites is 1. The summed E-state index contributed by atoms with van der Waals surface area (Å²) in [4.78, 5) is 36.3. The van der Waals surface area contributed by atoms with Crippen LogP contribution < -0.4 is 4.90 Å². The fourth-order valence-electron chi connectivity index (χ4n) is 1.89. The molecule has 5 nitrogen and oxygen atoms in total. The number of halogens is 1. The van der Waals surface area contributed by atoms with Crippen molar-refractivity contribution in [1.82, 2.24) is 0 Å². The van der Waals surface area contributed by atoms with Gasteiger partial charge in [-0.25, -0.2) is 0 Å². The molecule has 0 fully saturated rings. The van der Waals surface area contributed by atoms with Gasteiger partial charge in [0.1, 0.15) is 6.54 Å². The van der Waals surface area contributed by atoms with Gasteiger partial charge in [-0.1, -0.05) is 17.7 Å². The maximum atomic E-state index is 11.8. The number of ketones is 1. The molecule has 0 radical (unpaired) electrons. The summed E-state index contributed by atoms with van der Waals surface area (Å²) in [7, 11) is 0. The van der Waals surface area contributed by atoms with Crippen molar-refractivity contribution in [1.29, 1.82) is 0 Å². The Morgan fingerprint density at radius 2 is 2.05 bits per heavy atom. The first kappa shape index (κ1) is 13.5. The summed E-state index contributed by atoms with van der Waals surface area (Å²) < 4.78 is 4.96. The summed E-state index contributed by atoms with van der Waals surface area (Å²) in [6, 6.07) is 4.66. The van der Waals surface area contributed by atoms with Gasteiger partial charge in [-0.3, -0.25) is 19.3 Å². The van der Waals surface area contributed by atoms with Crippen molar-refractivity contribution >= 4 is 34.9 Å². The summed E-state index contributed by atoms with van der Waals surface area (Å²) >= 11 is 5.99. The highest BCUT2D eigenvalue weighted by Gasteiger charge is 2.38. The van der Waals surface area contributed by atoms with Crippen molar-refractivity contribution in [3.8, 4) is 0 Å². The maximum absolute atomic E-state index is 11.8. The number of Topliss-reactive ketones (excluding diaryl/α,β-unsaturated/α-hetero) is 1. The third-order valence-electron chi connectivity index (χ3n) is 2.60. The number of rotatable bonds is 3. The van der Waals surface area contributed by atoms with E-state index < -0.39 is 17.7 Å². The van der Waals surface area contributed by atoms with Crippen LogP contribution in [0.25, 0.3) is 0 Å². The number of carbonyl (C=O) groups excluding carboxylic acids is 3. The molecule has 0 N–H and O–H groups in total. The number of carbonyl (C=O) groups is 3. The second kappa shape index (κ2) is 5.01. The van der Waals surface area contributed by atoms with Gasteiger partial charge in [-0.2, -0.15) is 0 Å². The first-order valence-corrected chi connectivity index (χ1v) is 6.13. The molecule has 0 saturated heterocycles. The maximum Gasteiger partial charge on any atom is 0.326 e. The Morgan fingerprint density at radius 3 is 2.68 bits per heavy atom. The standard InChI is InChI=1S/C13H12ClNO4/c1-7(2)19-10(16)6-15-11-8(12(17)13(15)18)4-3-5-9(11)14/h3-5,7H,6H2,1-2H3. The number of ether oxygens (including phenoxy) is 1. The zero-order valence-electron chi connectivity index (χ0n) is 10.5. The molecule has 0 aliphatic carbocycles. The number of amides is 1. The lowest BCUT2D eigenvalue weighted by atomic mass is 10.1. The van der Waals surface area contributed by atoms with Crippen molar-refractivity contribution in [2.24, 2.45) is 0 Å². The molecule has 1 heterocycles. The summed E-state index contributed by atoms with van der Waals surface area (Å²) in [6.07, 6.45) is -0.286. The van der Waals surface area contributed by atoms with Gasteiger partial charge >= 0.3 is 5.97 Å². The minimum Gasteiger partial charge on any atom is -0.462 e. The lowest BCUT2D eigenvalue weighted by Crippen LogP contribution is -2.36. The van der Waals surface area contributed by atoms with Crippen molar-refractivity contribution in [2.75, 3.05) is 11.4 Å². The summed E-state index contributed by atoms with van der Waals surface area (Å²) in [5, 5.41) is 0.258. The van der Waals surface area contributed by atoms with Crippen LogP contribution in [0.15, 0.2) is 18.2 Å². The van der Waals surface area contributed by atoms with Gasteiger partial charge in [0.2, 0.25) is 0 Å². The molecule has 1 aromatic rings. The second-order valence-electron chi connectivity index (χ2n) is 4.40. The van der Waals surface area contributed by atoms with Gasteiger partial charge in [0, 0.05) is 0 Å². The number of esters is 1. The van der Waals surface area contributed by atoms with Gasteiger partial charge in [0.15, 0.2) is 0 Å². The van der Waals surface area contributed by atoms with Crippen molar-refractivity contribution in [3.63, 3.8) is 0 Å². The molecule has 1 amide bonds. The molecular formula is C13H12ClNO4. The van der Waals surface area contributed by atoms with E-state index in [0.717, 1.165) is 4.90 Å². The minimum absolute atomic E-state index is 0.217. The Morgan fingerprint density at radius 1 is 1.37 bits per heavy atom. The Balaban J connectivity index is 2.31. The predicted molar refractivity (Wildman–Crippen MR) is 69.4 cm³/mol. The van der Waals surface area contributed by atoms with Crippen LogP contribution in [0.1, 0.15) is 24.2 Å². The third kappa shape index (κ3) is 2.46. The van der Waals surface area contributed by atoms with Gasteiger partial charge in [-0.15, -0.1) is 0 Å². The molecule has 1 aliphatic rings. The van der Waals surface area contributed by atoms with Crippen LogP contribution in [-0.4, -0.2) is 30.3 Å². The Bertz CT molecular complexity index is 568. The molecule has 100 valence electrons. The highest BCUT2D eigenvalue weighted by Crippen LogP contribution is 2.35. The number of hydrogen-bond acceptors (Lipinski definition) is 4. The highest BCUT2D eigenvalue weighted by molar-refractivity contribution is 6.54. The summed E-state index contributed by atoms with van der Waals surface area (Å²) in [6.45, 7) is 3.09. The monoisotopic (exact) mass is 281 g/mol. The molecule has 2 rings (SSSR count). The van der Waals surface area contributed by atoms with E-state index in [-0.39, 0.29) is 28.9 Å². The van der Waals surface area contributed by atoms with Crippen LogP contribution in [0.4, 0.5) is 5.69 Å². The molecular weight excluding hydrogens is 270 g/mol. The second-order valence-corrected chi connectivity index (χ2v) is 4.80. The third-order valence-corrected chi connectivity index (χ3v) is 2.90. The molecule has 19 heavy (non-hydrogen) atoms. The van der Waals surface area contributed by atoms with E-state index >= 15 is 0 Å². The van der Waals surface area contributed by atoms with Gasteiger partial charge in [0.25, 0.3) is 11.7 Å². The minimum atomic E-state index is -0.760. The Labute approximate surface area is 115 Å². The highest BCUT2D eigenvalue weighted by atomic mass is 35.5. The predicted octanol–water partition coefficient (Wildman–Crippen LogP) is 1.82. The summed E-state index contributed by atoms with van der Waals surface area (Å²) in [5.74, 6) is -2.00. The number of nitrogens with zero attached hydrogens (tertiary/aromatic N) is 1. The number of anilines is 1. The fourth-order valence-corrected chi connectivity index (χ4v) is 2.17. The fraction of sp³-hybridized carbons (Fsp3) is 0.308. The zero-order chi connectivity index (χ0) is 14.2. The molecule has 0 saturated carbocycles. The Hall–Kier alpha value is -1.88. The van der Waals surface area contributed by atoms with E-state index in [0.29, 0.717) is 0 Å². The number of benzene rings is 1. The molecule has 0 atom stereocenters. The van der Waals surface area contributed by atoms with E-state index in [1.807, 2.05) is 0 Å². The first-order chi connectivity index (χ1) is 8.91. The van der Waals surface area contributed by atoms with Crippen LogP contribution in [0.2, 0.25) is 5.02 Å². The molecule has 0 spiro atoms. The lowest BCUT2D eigenvalue weighted by molar-refractivity contribution is -0.146.